The minimum atomic E-state index is 0.169. The Bertz CT molecular complexity index is 609. The highest BCUT2D eigenvalue weighted by Gasteiger charge is 2.39. The number of hydrogen-bond donors (Lipinski definition) is 0. The molecule has 1 aromatic heterocycles. The van der Waals surface area contributed by atoms with Gasteiger partial charge in [0, 0.05) is 51.1 Å². The number of rotatable bonds is 3. The lowest BCUT2D eigenvalue weighted by atomic mass is 9.95. The number of nitrogens with zero attached hydrogens (tertiary/aromatic N) is 4. The fourth-order valence-electron chi connectivity index (χ4n) is 4.58. The molecule has 0 aliphatic carbocycles. The van der Waals surface area contributed by atoms with E-state index in [-0.39, 0.29) is 12.5 Å². The zero-order valence-corrected chi connectivity index (χ0v) is 15.6. The van der Waals surface area contributed by atoms with Crippen molar-refractivity contribution < 1.29 is 9.53 Å². The second kappa shape index (κ2) is 7.25. The third kappa shape index (κ3) is 3.71. The van der Waals surface area contributed by atoms with Gasteiger partial charge < -0.3 is 9.64 Å². The first-order chi connectivity index (χ1) is 12.1. The Morgan fingerprint density at radius 2 is 2.00 bits per heavy atom. The quantitative estimate of drug-likeness (QED) is 0.820. The van der Waals surface area contributed by atoms with E-state index in [2.05, 4.69) is 14.9 Å². The largest absolute Gasteiger partial charge is 0.381 e. The molecule has 1 amide bonds. The summed E-state index contributed by atoms with van der Waals surface area (Å²) in [5.41, 5.74) is 0.776. The van der Waals surface area contributed by atoms with Crippen molar-refractivity contribution in [3.63, 3.8) is 0 Å². The summed E-state index contributed by atoms with van der Waals surface area (Å²) >= 11 is 6.07. The van der Waals surface area contributed by atoms with Gasteiger partial charge in [-0.05, 0) is 38.5 Å². The third-order valence-electron chi connectivity index (χ3n) is 5.95. The lowest BCUT2D eigenvalue weighted by molar-refractivity contribution is -0.136. The molecule has 7 heteroatoms. The van der Waals surface area contributed by atoms with Gasteiger partial charge >= 0.3 is 0 Å². The summed E-state index contributed by atoms with van der Waals surface area (Å²) in [4.78, 5) is 17.6. The number of piperidine rings is 1. The fourth-order valence-corrected chi connectivity index (χ4v) is 4.73. The summed E-state index contributed by atoms with van der Waals surface area (Å²) < 4.78 is 7.19. The Morgan fingerprint density at radius 1 is 1.20 bits per heavy atom. The molecule has 4 aliphatic rings. The first-order valence-corrected chi connectivity index (χ1v) is 9.79. The van der Waals surface area contributed by atoms with Crippen molar-refractivity contribution >= 4 is 17.5 Å². The molecule has 0 saturated carbocycles. The van der Waals surface area contributed by atoms with E-state index in [4.69, 9.17) is 16.3 Å². The summed E-state index contributed by atoms with van der Waals surface area (Å²) in [5.74, 6) is 0.760. The number of aryl methyl sites for hydroxylation is 1. The lowest BCUT2D eigenvalue weighted by Crippen LogP contribution is -2.49. The average molecular weight is 367 g/mol. The molecule has 0 aromatic carbocycles. The topological polar surface area (TPSA) is 50.6 Å². The SMILES string of the molecule is Cc1nn(CC(=O)N2C[C@@H]3CC[C@H]2CN(C2CCOCC2)C3)cc1Cl. The molecule has 5 heterocycles. The minimum Gasteiger partial charge on any atom is -0.381 e. The van der Waals surface area contributed by atoms with E-state index in [1.54, 1.807) is 10.9 Å². The van der Waals surface area contributed by atoms with E-state index in [1.807, 2.05) is 6.92 Å². The van der Waals surface area contributed by atoms with Crippen molar-refractivity contribution in [1.82, 2.24) is 19.6 Å². The maximum atomic E-state index is 12.9. The highest BCUT2D eigenvalue weighted by molar-refractivity contribution is 6.31. The number of aromatic nitrogens is 2. The molecule has 2 atom stereocenters. The number of carbonyl (C=O) groups is 1. The van der Waals surface area contributed by atoms with Crippen LogP contribution in [0, 0.1) is 12.8 Å². The minimum absolute atomic E-state index is 0.169. The summed E-state index contributed by atoms with van der Waals surface area (Å²) in [5, 5.41) is 4.95. The molecule has 5 rings (SSSR count). The van der Waals surface area contributed by atoms with Crippen LogP contribution in [0.1, 0.15) is 31.4 Å². The van der Waals surface area contributed by atoms with Gasteiger partial charge in [-0.2, -0.15) is 5.10 Å². The number of ether oxygens (including phenoxy) is 1. The molecular weight excluding hydrogens is 340 g/mol. The van der Waals surface area contributed by atoms with Gasteiger partial charge in [-0.15, -0.1) is 0 Å². The van der Waals surface area contributed by atoms with Crippen LogP contribution >= 0.6 is 11.6 Å². The lowest BCUT2D eigenvalue weighted by Gasteiger charge is -2.37. The van der Waals surface area contributed by atoms with Crippen molar-refractivity contribution in [2.45, 2.75) is 51.2 Å². The molecule has 6 nitrogen and oxygen atoms in total. The Hall–Kier alpha value is -1.11. The first kappa shape index (κ1) is 17.3. The van der Waals surface area contributed by atoms with Gasteiger partial charge in [0.05, 0.1) is 10.7 Å². The van der Waals surface area contributed by atoms with Crippen LogP contribution in [0.5, 0.6) is 0 Å². The molecule has 0 radical (unpaired) electrons. The van der Waals surface area contributed by atoms with Gasteiger partial charge in [-0.1, -0.05) is 11.6 Å². The maximum absolute atomic E-state index is 12.9. The predicted molar refractivity (Wildman–Crippen MR) is 95.6 cm³/mol. The predicted octanol–water partition coefficient (Wildman–Crippen LogP) is 1.95. The molecule has 4 fully saturated rings. The first-order valence-electron chi connectivity index (χ1n) is 9.41. The Balaban J connectivity index is 1.43. The van der Waals surface area contributed by atoms with Gasteiger partial charge in [-0.3, -0.25) is 14.4 Å². The summed E-state index contributed by atoms with van der Waals surface area (Å²) in [6.45, 7) is 6.91. The molecule has 0 N–H and O–H groups in total. The Kier molecular flexibility index (Phi) is 5.02. The summed E-state index contributed by atoms with van der Waals surface area (Å²) in [7, 11) is 0. The number of hydrogen-bond acceptors (Lipinski definition) is 4. The summed E-state index contributed by atoms with van der Waals surface area (Å²) in [6, 6.07) is 0.959. The normalized spacial score (nSPS) is 28.3. The molecule has 4 aliphatic heterocycles. The maximum Gasteiger partial charge on any atom is 0.244 e. The Morgan fingerprint density at radius 3 is 2.72 bits per heavy atom. The van der Waals surface area contributed by atoms with E-state index >= 15 is 0 Å². The second-order valence-electron chi connectivity index (χ2n) is 7.70. The van der Waals surface area contributed by atoms with E-state index in [0.29, 0.717) is 23.0 Å². The van der Waals surface area contributed by atoms with Crippen LogP contribution in [0.15, 0.2) is 6.20 Å². The Labute approximate surface area is 154 Å². The van der Waals surface area contributed by atoms with Crippen molar-refractivity contribution in [2.75, 3.05) is 32.8 Å². The van der Waals surface area contributed by atoms with E-state index in [9.17, 15) is 4.79 Å². The number of fused-ring (bicyclic) bond motifs is 4. The van der Waals surface area contributed by atoms with Crippen molar-refractivity contribution in [3.8, 4) is 0 Å². The standard InChI is InChI=1S/C18H27ClN4O2/c1-13-17(19)11-22(20-13)12-18(24)23-9-14-2-3-16(23)10-21(8-14)15-4-6-25-7-5-15/h11,14-16H,2-10,12H2,1H3/t14-,16+/m1/s1. The van der Waals surface area contributed by atoms with E-state index in [0.717, 1.165) is 57.8 Å². The molecule has 4 saturated heterocycles. The number of amides is 1. The molecule has 2 bridgehead atoms. The van der Waals surface area contributed by atoms with Crippen LogP contribution < -0.4 is 0 Å². The molecule has 1 aromatic rings. The third-order valence-corrected chi connectivity index (χ3v) is 6.32. The molecule has 0 spiro atoms. The number of carbonyl (C=O) groups excluding carboxylic acids is 1. The fraction of sp³-hybridized carbons (Fsp3) is 0.778. The van der Waals surface area contributed by atoms with Gasteiger partial charge in [0.1, 0.15) is 6.54 Å². The van der Waals surface area contributed by atoms with E-state index < -0.39 is 0 Å². The van der Waals surface area contributed by atoms with Crippen molar-refractivity contribution in [2.24, 2.45) is 5.92 Å². The van der Waals surface area contributed by atoms with Crippen LogP contribution in [0.4, 0.5) is 0 Å². The zero-order valence-electron chi connectivity index (χ0n) is 14.9. The highest BCUT2D eigenvalue weighted by atomic mass is 35.5. The van der Waals surface area contributed by atoms with Gasteiger partial charge in [0.25, 0.3) is 0 Å². The molecular formula is C18H27ClN4O2. The highest BCUT2D eigenvalue weighted by Crippen LogP contribution is 2.31. The van der Waals surface area contributed by atoms with Crippen molar-refractivity contribution in [3.05, 3.63) is 16.9 Å². The van der Waals surface area contributed by atoms with E-state index in [1.165, 1.54) is 6.42 Å². The van der Waals surface area contributed by atoms with Gasteiger partial charge in [-0.25, -0.2) is 0 Å². The summed E-state index contributed by atoms with van der Waals surface area (Å²) in [6.07, 6.45) is 6.35. The average Bonchev–Trinajstić information content (AvgIpc) is 2.81. The molecule has 0 unspecified atom stereocenters. The van der Waals surface area contributed by atoms with Gasteiger partial charge in [0.2, 0.25) is 5.91 Å². The molecule has 25 heavy (non-hydrogen) atoms. The van der Waals surface area contributed by atoms with Crippen LogP contribution in [-0.4, -0.2) is 70.4 Å². The van der Waals surface area contributed by atoms with Gasteiger partial charge in [0.15, 0.2) is 0 Å². The molecule has 138 valence electrons. The van der Waals surface area contributed by atoms with Crippen molar-refractivity contribution in [1.29, 1.82) is 0 Å². The van der Waals surface area contributed by atoms with Crippen LogP contribution in [0.2, 0.25) is 5.02 Å². The van der Waals surface area contributed by atoms with Crippen LogP contribution in [-0.2, 0) is 16.1 Å². The zero-order chi connectivity index (χ0) is 17.4. The van der Waals surface area contributed by atoms with Crippen LogP contribution in [0.3, 0.4) is 0 Å². The smallest absolute Gasteiger partial charge is 0.244 e. The second-order valence-corrected chi connectivity index (χ2v) is 8.11. The van der Waals surface area contributed by atoms with Crippen LogP contribution in [0.25, 0.3) is 0 Å². The monoisotopic (exact) mass is 366 g/mol. The number of halogens is 1.